The first-order valence-corrected chi connectivity index (χ1v) is 7.54. The molecule has 1 saturated heterocycles. The second-order valence-electron chi connectivity index (χ2n) is 4.59. The molecule has 1 aromatic rings. The van der Waals surface area contributed by atoms with Crippen molar-refractivity contribution in [3.05, 3.63) is 23.1 Å². The number of hydrogen-bond donors (Lipinski definition) is 2. The summed E-state index contributed by atoms with van der Waals surface area (Å²) in [7, 11) is 0. The average Bonchev–Trinajstić information content (AvgIpc) is 2.68. The quantitative estimate of drug-likeness (QED) is 0.819. The normalized spacial score (nSPS) is 15.1. The van der Waals surface area contributed by atoms with E-state index >= 15 is 0 Å². The van der Waals surface area contributed by atoms with Crippen LogP contribution in [0.3, 0.4) is 0 Å². The lowest BCUT2D eigenvalue weighted by molar-refractivity contribution is 0.0963. The van der Waals surface area contributed by atoms with E-state index in [1.807, 2.05) is 0 Å². The number of hydrogen-bond acceptors (Lipinski definition) is 6. The van der Waals surface area contributed by atoms with E-state index in [-0.39, 0.29) is 11.6 Å². The van der Waals surface area contributed by atoms with Crippen LogP contribution in [0.15, 0.2) is 12.7 Å². The van der Waals surface area contributed by atoms with Gasteiger partial charge in [-0.15, -0.1) is 17.9 Å². The zero-order valence-electron chi connectivity index (χ0n) is 11.7. The minimum atomic E-state index is -0.272. The molecule has 0 unspecified atom stereocenters. The van der Waals surface area contributed by atoms with Crippen molar-refractivity contribution in [2.45, 2.75) is 6.42 Å². The fourth-order valence-corrected chi connectivity index (χ4v) is 3.26. The molecule has 0 spiro atoms. The number of nitrogen functional groups attached to an aromatic ring is 1. The average molecular weight is 306 g/mol. The van der Waals surface area contributed by atoms with E-state index in [1.54, 1.807) is 6.08 Å². The summed E-state index contributed by atoms with van der Waals surface area (Å²) in [6, 6.07) is 2.12. The largest absolute Gasteiger partial charge is 0.396 e. The van der Waals surface area contributed by atoms with Crippen LogP contribution >= 0.6 is 11.3 Å². The van der Waals surface area contributed by atoms with Gasteiger partial charge in [-0.2, -0.15) is 5.26 Å². The monoisotopic (exact) mass is 306 g/mol. The summed E-state index contributed by atoms with van der Waals surface area (Å²) in [5.74, 6) is -0.272. The summed E-state index contributed by atoms with van der Waals surface area (Å²) in [6.07, 6.45) is 2.49. The summed E-state index contributed by atoms with van der Waals surface area (Å²) >= 11 is 1.26. The first-order valence-electron chi connectivity index (χ1n) is 6.73. The Kier molecular flexibility index (Phi) is 5.20. The summed E-state index contributed by atoms with van der Waals surface area (Å²) in [5, 5.41) is 12.8. The van der Waals surface area contributed by atoms with Gasteiger partial charge in [0.05, 0.1) is 12.3 Å². The molecule has 1 aromatic heterocycles. The Hall–Kier alpha value is -2.04. The topological polar surface area (TPSA) is 91.4 Å². The molecule has 2 heterocycles. The number of nitrogens with zero attached hydrogens (tertiary/aromatic N) is 2. The van der Waals surface area contributed by atoms with E-state index < -0.39 is 0 Å². The van der Waals surface area contributed by atoms with Crippen LogP contribution in [-0.4, -0.2) is 38.8 Å². The molecule has 112 valence electrons. The number of nitrogens with two attached hydrogens (primary N) is 1. The molecule has 0 aromatic carbocycles. The highest BCUT2D eigenvalue weighted by Gasteiger charge is 2.24. The molecular formula is C14H18N4O2S. The SMILES string of the molecule is C=CCNC(=O)c1sc(N2CCCOCC2)c(C#N)c1N. The number of carbonyl (C=O) groups excluding carboxylic acids is 1. The number of anilines is 2. The highest BCUT2D eigenvalue weighted by Crippen LogP contribution is 2.38. The summed E-state index contributed by atoms with van der Waals surface area (Å²) in [4.78, 5) is 14.5. The summed E-state index contributed by atoms with van der Waals surface area (Å²) in [5.41, 5.74) is 6.61. The lowest BCUT2D eigenvalue weighted by atomic mass is 10.2. The molecule has 0 atom stereocenters. The van der Waals surface area contributed by atoms with Crippen molar-refractivity contribution in [1.82, 2.24) is 5.32 Å². The predicted octanol–water partition coefficient (Wildman–Crippen LogP) is 1.34. The van der Waals surface area contributed by atoms with E-state index in [0.717, 1.165) is 18.0 Å². The first kappa shape index (κ1) is 15.4. The van der Waals surface area contributed by atoms with Gasteiger partial charge in [-0.25, -0.2) is 0 Å². The van der Waals surface area contributed by atoms with Crippen molar-refractivity contribution in [1.29, 1.82) is 5.26 Å². The van der Waals surface area contributed by atoms with Gasteiger partial charge in [0.1, 0.15) is 21.5 Å². The number of nitrogens with one attached hydrogen (secondary N) is 1. The Bertz CT molecular complexity index is 568. The molecule has 1 aliphatic heterocycles. The Morgan fingerprint density at radius 2 is 2.38 bits per heavy atom. The maximum atomic E-state index is 12.1. The molecule has 3 N–H and O–H groups in total. The van der Waals surface area contributed by atoms with Crippen molar-refractivity contribution in [2.75, 3.05) is 43.5 Å². The second kappa shape index (κ2) is 7.11. The Labute approximate surface area is 127 Å². The third-order valence-corrected chi connectivity index (χ3v) is 4.43. The second-order valence-corrected chi connectivity index (χ2v) is 5.59. The third-order valence-electron chi connectivity index (χ3n) is 3.16. The standard InChI is InChI=1S/C14H18N4O2S/c1-2-4-17-13(19)12-11(16)10(9-15)14(21-12)18-5-3-7-20-8-6-18/h2H,1,3-8,16H2,(H,17,19). The van der Waals surface area contributed by atoms with Gasteiger partial charge in [-0.1, -0.05) is 6.08 Å². The number of nitriles is 1. The molecule has 2 rings (SSSR count). The Morgan fingerprint density at radius 3 is 3.10 bits per heavy atom. The van der Waals surface area contributed by atoms with Gasteiger partial charge in [0.25, 0.3) is 5.91 Å². The van der Waals surface area contributed by atoms with Crippen LogP contribution in [0.4, 0.5) is 10.7 Å². The molecule has 7 heteroatoms. The minimum Gasteiger partial charge on any atom is -0.396 e. The Morgan fingerprint density at radius 1 is 1.57 bits per heavy atom. The lowest BCUT2D eigenvalue weighted by Crippen LogP contribution is -2.25. The number of rotatable bonds is 4. The minimum absolute atomic E-state index is 0.254. The maximum Gasteiger partial charge on any atom is 0.263 e. The smallest absolute Gasteiger partial charge is 0.263 e. The van der Waals surface area contributed by atoms with Crippen molar-refractivity contribution < 1.29 is 9.53 Å². The van der Waals surface area contributed by atoms with Crippen molar-refractivity contribution in [2.24, 2.45) is 0 Å². The van der Waals surface area contributed by atoms with E-state index in [9.17, 15) is 10.1 Å². The van der Waals surface area contributed by atoms with Crippen LogP contribution in [0.2, 0.25) is 0 Å². The number of ether oxygens (including phenoxy) is 1. The van der Waals surface area contributed by atoms with Crippen molar-refractivity contribution in [3.63, 3.8) is 0 Å². The molecule has 0 bridgehead atoms. The van der Waals surface area contributed by atoms with Gasteiger partial charge in [0.15, 0.2) is 0 Å². The van der Waals surface area contributed by atoms with Crippen LogP contribution in [-0.2, 0) is 4.74 Å². The molecule has 21 heavy (non-hydrogen) atoms. The molecule has 1 amide bonds. The number of amides is 1. The molecule has 6 nitrogen and oxygen atoms in total. The Balaban J connectivity index is 2.31. The fourth-order valence-electron chi connectivity index (χ4n) is 2.13. The first-order chi connectivity index (χ1) is 10.2. The fraction of sp³-hybridized carbons (Fsp3) is 0.429. The highest BCUT2D eigenvalue weighted by molar-refractivity contribution is 7.19. The van der Waals surface area contributed by atoms with Crippen LogP contribution < -0.4 is 16.0 Å². The summed E-state index contributed by atoms with van der Waals surface area (Å²) < 4.78 is 5.42. The molecule has 1 aliphatic rings. The third kappa shape index (κ3) is 3.35. The van der Waals surface area contributed by atoms with E-state index in [0.29, 0.717) is 36.7 Å². The molecule has 0 saturated carbocycles. The molecule has 0 radical (unpaired) electrons. The van der Waals surface area contributed by atoms with Gasteiger partial charge in [-0.3, -0.25) is 4.79 Å². The van der Waals surface area contributed by atoms with Crippen molar-refractivity contribution >= 4 is 27.9 Å². The molecule has 1 fully saturated rings. The van der Waals surface area contributed by atoms with Crippen molar-refractivity contribution in [3.8, 4) is 6.07 Å². The van der Waals surface area contributed by atoms with Gasteiger partial charge < -0.3 is 20.7 Å². The van der Waals surface area contributed by atoms with Gasteiger partial charge in [-0.05, 0) is 6.42 Å². The zero-order valence-corrected chi connectivity index (χ0v) is 12.5. The van der Waals surface area contributed by atoms with Crippen LogP contribution in [0, 0.1) is 11.3 Å². The van der Waals surface area contributed by atoms with Crippen LogP contribution in [0.25, 0.3) is 0 Å². The maximum absolute atomic E-state index is 12.1. The number of carbonyl (C=O) groups is 1. The van der Waals surface area contributed by atoms with E-state index in [1.165, 1.54) is 11.3 Å². The van der Waals surface area contributed by atoms with Gasteiger partial charge in [0.2, 0.25) is 0 Å². The van der Waals surface area contributed by atoms with Crippen LogP contribution in [0.5, 0.6) is 0 Å². The highest BCUT2D eigenvalue weighted by atomic mass is 32.1. The van der Waals surface area contributed by atoms with E-state index in [4.69, 9.17) is 10.5 Å². The zero-order chi connectivity index (χ0) is 15.2. The van der Waals surface area contributed by atoms with Gasteiger partial charge >= 0.3 is 0 Å². The lowest BCUT2D eigenvalue weighted by Gasteiger charge is -2.20. The van der Waals surface area contributed by atoms with Gasteiger partial charge in [0, 0.05) is 26.2 Å². The van der Waals surface area contributed by atoms with E-state index in [2.05, 4.69) is 22.9 Å². The predicted molar refractivity (Wildman–Crippen MR) is 83.6 cm³/mol. The number of thiophene rings is 1. The molecule has 0 aliphatic carbocycles. The summed E-state index contributed by atoms with van der Waals surface area (Å²) in [6.45, 7) is 6.74. The van der Waals surface area contributed by atoms with Crippen LogP contribution in [0.1, 0.15) is 21.7 Å². The molecular weight excluding hydrogens is 288 g/mol.